The zero-order valence-electron chi connectivity index (χ0n) is 10.0. The first-order chi connectivity index (χ1) is 8.52. The predicted molar refractivity (Wildman–Crippen MR) is 70.4 cm³/mol. The van der Waals surface area contributed by atoms with Crippen molar-refractivity contribution in [3.05, 3.63) is 37.1 Å². The molecule has 100 valence electrons. The van der Waals surface area contributed by atoms with Crippen LogP contribution in [0, 0.1) is 10.1 Å². The number of thiol groups is 1. The Morgan fingerprint density at radius 1 is 1.39 bits per heavy atom. The summed E-state index contributed by atoms with van der Waals surface area (Å²) in [4.78, 5) is 33.6. The Hall–Kier alpha value is -1.57. The van der Waals surface area contributed by atoms with Crippen LogP contribution in [-0.4, -0.2) is 19.8 Å². The molecule has 7 nitrogen and oxygen atoms in total. The summed E-state index contributed by atoms with van der Waals surface area (Å²) in [7, 11) is 0. The third-order valence-corrected chi connectivity index (χ3v) is 2.86. The van der Waals surface area contributed by atoms with Gasteiger partial charge in [-0.3, -0.25) is 24.0 Å². The molecule has 1 rings (SSSR count). The van der Waals surface area contributed by atoms with Crippen molar-refractivity contribution in [3.8, 4) is 0 Å². The summed E-state index contributed by atoms with van der Waals surface area (Å²) in [6, 6.07) is 0. The van der Waals surface area contributed by atoms with Gasteiger partial charge in [0.25, 0.3) is 0 Å². The molecule has 1 aromatic heterocycles. The number of nitro groups is 1. The molecule has 0 N–H and O–H groups in total. The number of hydrogen-bond acceptors (Lipinski definition) is 5. The van der Waals surface area contributed by atoms with E-state index in [1.807, 2.05) is 0 Å². The molecule has 0 saturated carbocycles. The Balaban J connectivity index is 3.29. The lowest BCUT2D eigenvalue weighted by molar-refractivity contribution is -0.387. The molecular weight excluding hydrogens is 258 g/mol. The van der Waals surface area contributed by atoms with E-state index in [1.54, 1.807) is 6.92 Å². The van der Waals surface area contributed by atoms with E-state index in [1.165, 1.54) is 4.57 Å². The minimum Gasteiger partial charge on any atom is -0.294 e. The van der Waals surface area contributed by atoms with E-state index in [4.69, 9.17) is 0 Å². The summed E-state index contributed by atoms with van der Waals surface area (Å²) >= 11 is 4.03. The fourth-order valence-electron chi connectivity index (χ4n) is 1.57. The van der Waals surface area contributed by atoms with Gasteiger partial charge in [-0.1, -0.05) is 0 Å². The average Bonchev–Trinajstić information content (AvgIpc) is 2.33. The monoisotopic (exact) mass is 273 g/mol. The molecule has 0 fully saturated rings. The van der Waals surface area contributed by atoms with Gasteiger partial charge < -0.3 is 0 Å². The highest BCUT2D eigenvalue weighted by molar-refractivity contribution is 7.80. The Kier molecular flexibility index (Phi) is 5.14. The molecule has 0 saturated heterocycles. The molecule has 0 aliphatic heterocycles. The maximum absolute atomic E-state index is 11.9. The smallest absolute Gasteiger partial charge is 0.294 e. The maximum Gasteiger partial charge on any atom is 0.350 e. The number of aromatic nitrogens is 2. The molecule has 8 heteroatoms. The Morgan fingerprint density at radius 2 is 2.06 bits per heavy atom. The molecule has 1 aromatic rings. The second kappa shape index (κ2) is 6.39. The van der Waals surface area contributed by atoms with Crippen molar-refractivity contribution in [2.45, 2.75) is 32.9 Å². The summed E-state index contributed by atoms with van der Waals surface area (Å²) in [5, 5.41) is 10.7. The van der Waals surface area contributed by atoms with Crippen molar-refractivity contribution in [3.63, 3.8) is 0 Å². The summed E-state index contributed by atoms with van der Waals surface area (Å²) in [5.74, 6) is 0.644. The minimum atomic E-state index is -0.839. The highest BCUT2D eigenvalue weighted by Gasteiger charge is 2.18. The molecule has 0 aliphatic carbocycles. The molecule has 0 aromatic carbocycles. The van der Waals surface area contributed by atoms with E-state index in [2.05, 4.69) is 12.6 Å². The highest BCUT2D eigenvalue weighted by Crippen LogP contribution is 2.01. The highest BCUT2D eigenvalue weighted by atomic mass is 32.1. The first-order valence-electron chi connectivity index (χ1n) is 5.62. The largest absolute Gasteiger partial charge is 0.350 e. The van der Waals surface area contributed by atoms with Gasteiger partial charge in [0.1, 0.15) is 0 Å². The van der Waals surface area contributed by atoms with E-state index >= 15 is 0 Å². The second-order valence-corrected chi connectivity index (χ2v) is 4.17. The van der Waals surface area contributed by atoms with Crippen LogP contribution < -0.4 is 11.2 Å². The van der Waals surface area contributed by atoms with Crippen LogP contribution in [0.2, 0.25) is 0 Å². The summed E-state index contributed by atoms with van der Waals surface area (Å²) in [6.45, 7) is 2.15. The number of hydrogen-bond donors (Lipinski definition) is 1. The number of unbranched alkanes of at least 4 members (excludes halogenated alkanes) is 1. The molecule has 0 bridgehead atoms. The number of aryl methyl sites for hydroxylation is 1. The Labute approximate surface area is 109 Å². The topological polar surface area (TPSA) is 87.1 Å². The van der Waals surface area contributed by atoms with Crippen molar-refractivity contribution < 1.29 is 4.92 Å². The average molecular weight is 273 g/mol. The van der Waals surface area contributed by atoms with Crippen LogP contribution in [-0.2, 0) is 13.1 Å². The molecule has 0 aliphatic rings. The van der Waals surface area contributed by atoms with Gasteiger partial charge in [-0.2, -0.15) is 12.6 Å². The SMILES string of the molecule is CCn1cc([N+](=O)[O-])c(=O)n(CCCCS)c1=O. The van der Waals surface area contributed by atoms with Crippen LogP contribution in [0.5, 0.6) is 0 Å². The molecular formula is C10H15N3O4S. The number of rotatable bonds is 6. The van der Waals surface area contributed by atoms with Gasteiger partial charge in [-0.25, -0.2) is 4.79 Å². The van der Waals surface area contributed by atoms with Crippen molar-refractivity contribution in [1.29, 1.82) is 0 Å². The zero-order valence-corrected chi connectivity index (χ0v) is 10.9. The molecule has 0 amide bonds. The molecule has 0 unspecified atom stereocenters. The van der Waals surface area contributed by atoms with E-state index in [0.717, 1.165) is 17.2 Å². The van der Waals surface area contributed by atoms with Crippen LogP contribution in [0.1, 0.15) is 19.8 Å². The first kappa shape index (κ1) is 14.5. The summed E-state index contributed by atoms with van der Waals surface area (Å²) < 4.78 is 2.09. The zero-order chi connectivity index (χ0) is 13.7. The van der Waals surface area contributed by atoms with E-state index in [9.17, 15) is 19.7 Å². The fraction of sp³-hybridized carbons (Fsp3) is 0.600. The van der Waals surface area contributed by atoms with Crippen molar-refractivity contribution >= 4 is 18.3 Å². The molecule has 18 heavy (non-hydrogen) atoms. The molecule has 0 spiro atoms. The van der Waals surface area contributed by atoms with Crippen molar-refractivity contribution in [2.24, 2.45) is 0 Å². The van der Waals surface area contributed by atoms with E-state index in [-0.39, 0.29) is 13.1 Å². The Bertz CT molecular complexity index is 549. The van der Waals surface area contributed by atoms with Crippen molar-refractivity contribution in [1.82, 2.24) is 9.13 Å². The van der Waals surface area contributed by atoms with E-state index in [0.29, 0.717) is 12.2 Å². The lowest BCUT2D eigenvalue weighted by atomic mass is 10.3. The van der Waals surface area contributed by atoms with Crippen LogP contribution in [0.3, 0.4) is 0 Å². The lowest BCUT2D eigenvalue weighted by Gasteiger charge is -2.07. The molecule has 0 atom stereocenters. The summed E-state index contributed by atoms with van der Waals surface area (Å²) in [6.07, 6.45) is 2.33. The van der Waals surface area contributed by atoms with Gasteiger partial charge in [0.05, 0.1) is 11.1 Å². The first-order valence-corrected chi connectivity index (χ1v) is 6.25. The van der Waals surface area contributed by atoms with Gasteiger partial charge in [-0.15, -0.1) is 0 Å². The van der Waals surface area contributed by atoms with Gasteiger partial charge >= 0.3 is 16.9 Å². The molecule has 1 heterocycles. The Morgan fingerprint density at radius 3 is 2.56 bits per heavy atom. The second-order valence-electron chi connectivity index (χ2n) is 3.73. The quantitative estimate of drug-likeness (QED) is 0.357. The minimum absolute atomic E-state index is 0.180. The number of nitrogens with zero attached hydrogens (tertiary/aromatic N) is 3. The van der Waals surface area contributed by atoms with Gasteiger partial charge in [0, 0.05) is 13.1 Å². The van der Waals surface area contributed by atoms with Gasteiger partial charge in [-0.05, 0) is 25.5 Å². The van der Waals surface area contributed by atoms with Gasteiger partial charge in [0.2, 0.25) is 0 Å². The van der Waals surface area contributed by atoms with Crippen LogP contribution in [0.15, 0.2) is 15.8 Å². The van der Waals surface area contributed by atoms with Crippen LogP contribution in [0.25, 0.3) is 0 Å². The van der Waals surface area contributed by atoms with Crippen LogP contribution in [0.4, 0.5) is 5.69 Å². The lowest BCUT2D eigenvalue weighted by Crippen LogP contribution is -2.40. The summed E-state index contributed by atoms with van der Waals surface area (Å²) in [5.41, 5.74) is -1.91. The standard InChI is InChI=1S/C10H15N3O4S/c1-2-11-7-8(13(16)17)9(14)12(10(11)15)5-3-4-6-18/h7,18H,2-6H2,1H3. The predicted octanol–water partition coefficient (Wildman–Crippen LogP) is 0.648. The van der Waals surface area contributed by atoms with Crippen molar-refractivity contribution in [2.75, 3.05) is 5.75 Å². The van der Waals surface area contributed by atoms with Gasteiger partial charge in [0.15, 0.2) is 0 Å². The molecule has 0 radical (unpaired) electrons. The van der Waals surface area contributed by atoms with Crippen LogP contribution >= 0.6 is 12.6 Å². The normalized spacial score (nSPS) is 10.6. The third-order valence-electron chi connectivity index (χ3n) is 2.55. The maximum atomic E-state index is 11.9. The third kappa shape index (κ3) is 3.00. The van der Waals surface area contributed by atoms with E-state index < -0.39 is 21.9 Å². The fourth-order valence-corrected chi connectivity index (χ4v) is 1.79.